The topological polar surface area (TPSA) is 45.2 Å². The smallest absolute Gasteiger partial charge is 0.219 e. The van der Waals surface area contributed by atoms with Gasteiger partial charge >= 0.3 is 0 Å². The second kappa shape index (κ2) is 8.06. The van der Waals surface area contributed by atoms with Gasteiger partial charge in [-0.1, -0.05) is 36.4 Å². The summed E-state index contributed by atoms with van der Waals surface area (Å²) in [5.41, 5.74) is 2.53. The van der Waals surface area contributed by atoms with Crippen LogP contribution in [0, 0.1) is 5.92 Å². The zero-order valence-corrected chi connectivity index (χ0v) is 14.2. The Hall–Kier alpha value is -2.20. The summed E-state index contributed by atoms with van der Waals surface area (Å²) in [7, 11) is 0. The largest absolute Gasteiger partial charge is 0.343 e. The van der Waals surface area contributed by atoms with E-state index < -0.39 is 0 Å². The molecule has 1 aliphatic heterocycles. The highest BCUT2D eigenvalue weighted by Gasteiger charge is 2.30. The molecule has 4 nitrogen and oxygen atoms in total. The van der Waals surface area contributed by atoms with Crippen molar-refractivity contribution in [2.75, 3.05) is 13.1 Å². The maximum Gasteiger partial charge on any atom is 0.219 e. The number of nitrogens with zero attached hydrogens (tertiary/aromatic N) is 2. The SMILES string of the molecule is CC(=O)N1CC[C@H](NCc2cccnc2)[C@H](Cc2ccccc2)C1. The van der Waals surface area contributed by atoms with Crippen molar-refractivity contribution >= 4 is 5.91 Å². The number of rotatable bonds is 5. The van der Waals surface area contributed by atoms with Gasteiger partial charge < -0.3 is 10.2 Å². The molecule has 1 aromatic heterocycles. The van der Waals surface area contributed by atoms with Crippen LogP contribution in [0.5, 0.6) is 0 Å². The fourth-order valence-electron chi connectivity index (χ4n) is 3.46. The zero-order valence-electron chi connectivity index (χ0n) is 14.2. The van der Waals surface area contributed by atoms with Gasteiger partial charge in [-0.3, -0.25) is 9.78 Å². The number of pyridine rings is 1. The number of carbonyl (C=O) groups excluding carboxylic acids is 1. The van der Waals surface area contributed by atoms with E-state index in [1.807, 2.05) is 23.2 Å². The average Bonchev–Trinajstić information content (AvgIpc) is 2.62. The first kappa shape index (κ1) is 16.7. The van der Waals surface area contributed by atoms with Gasteiger partial charge in [0.1, 0.15) is 0 Å². The number of carbonyl (C=O) groups is 1. The van der Waals surface area contributed by atoms with Crippen LogP contribution in [0.25, 0.3) is 0 Å². The normalized spacial score (nSPS) is 20.8. The van der Waals surface area contributed by atoms with E-state index in [1.165, 1.54) is 11.1 Å². The first-order valence-electron chi connectivity index (χ1n) is 8.64. The van der Waals surface area contributed by atoms with E-state index in [4.69, 9.17) is 0 Å². The van der Waals surface area contributed by atoms with Gasteiger partial charge in [-0.05, 0) is 36.0 Å². The molecule has 0 radical (unpaired) electrons. The van der Waals surface area contributed by atoms with Crippen molar-refractivity contribution in [2.45, 2.75) is 32.4 Å². The Morgan fingerprint density at radius 3 is 2.71 bits per heavy atom. The van der Waals surface area contributed by atoms with Crippen LogP contribution in [0.3, 0.4) is 0 Å². The van der Waals surface area contributed by atoms with Crippen molar-refractivity contribution < 1.29 is 4.79 Å². The minimum atomic E-state index is 0.179. The number of aromatic nitrogens is 1. The summed E-state index contributed by atoms with van der Waals surface area (Å²) >= 11 is 0. The van der Waals surface area contributed by atoms with Gasteiger partial charge in [0.15, 0.2) is 0 Å². The molecule has 1 N–H and O–H groups in total. The molecule has 3 rings (SSSR count). The fourth-order valence-corrected chi connectivity index (χ4v) is 3.46. The quantitative estimate of drug-likeness (QED) is 0.920. The Balaban J connectivity index is 1.66. The zero-order chi connectivity index (χ0) is 16.8. The lowest BCUT2D eigenvalue weighted by Gasteiger charge is -2.39. The lowest BCUT2D eigenvalue weighted by atomic mass is 9.86. The predicted molar refractivity (Wildman–Crippen MR) is 95.4 cm³/mol. The van der Waals surface area contributed by atoms with Crippen molar-refractivity contribution in [3.8, 4) is 0 Å². The summed E-state index contributed by atoms with van der Waals surface area (Å²) in [5, 5.41) is 3.69. The van der Waals surface area contributed by atoms with Gasteiger partial charge in [0.2, 0.25) is 5.91 Å². The molecule has 1 aromatic carbocycles. The van der Waals surface area contributed by atoms with Crippen LogP contribution in [0.4, 0.5) is 0 Å². The van der Waals surface area contributed by atoms with Gasteiger partial charge in [0.05, 0.1) is 0 Å². The maximum atomic E-state index is 11.8. The number of hydrogen-bond acceptors (Lipinski definition) is 3. The molecule has 0 spiro atoms. The molecule has 1 fully saturated rings. The molecule has 1 saturated heterocycles. The van der Waals surface area contributed by atoms with Crippen LogP contribution in [0.15, 0.2) is 54.9 Å². The molecular formula is C20H25N3O. The van der Waals surface area contributed by atoms with E-state index in [2.05, 4.69) is 40.6 Å². The maximum absolute atomic E-state index is 11.8. The Morgan fingerprint density at radius 2 is 2.00 bits per heavy atom. The number of likely N-dealkylation sites (tertiary alicyclic amines) is 1. The Labute approximate surface area is 143 Å². The monoisotopic (exact) mass is 323 g/mol. The highest BCUT2D eigenvalue weighted by atomic mass is 16.2. The summed E-state index contributed by atoms with van der Waals surface area (Å²) in [6.07, 6.45) is 5.70. The van der Waals surface area contributed by atoms with E-state index >= 15 is 0 Å². The van der Waals surface area contributed by atoms with Gasteiger partial charge in [0.25, 0.3) is 0 Å². The van der Waals surface area contributed by atoms with E-state index in [9.17, 15) is 4.79 Å². The molecule has 2 atom stereocenters. The second-order valence-corrected chi connectivity index (χ2v) is 6.55. The molecule has 0 unspecified atom stereocenters. The third kappa shape index (κ3) is 4.42. The summed E-state index contributed by atoms with van der Waals surface area (Å²) < 4.78 is 0. The van der Waals surface area contributed by atoms with Crippen molar-refractivity contribution in [3.05, 3.63) is 66.0 Å². The predicted octanol–water partition coefficient (Wildman–Crippen LogP) is 2.65. The van der Waals surface area contributed by atoms with Crippen molar-refractivity contribution in [3.63, 3.8) is 0 Å². The lowest BCUT2D eigenvalue weighted by molar-refractivity contribution is -0.131. The standard InChI is InChI=1S/C20H25N3O/c1-16(24)23-11-9-20(22-14-18-8-5-10-21-13-18)19(15-23)12-17-6-3-2-4-7-17/h2-8,10,13,19-20,22H,9,11-12,14-15H2,1H3/t19-,20+/m1/s1. The summed E-state index contributed by atoms with van der Waals surface area (Å²) in [6, 6.07) is 15.0. The van der Waals surface area contributed by atoms with Crippen LogP contribution in [0.2, 0.25) is 0 Å². The first-order chi connectivity index (χ1) is 11.7. The Kier molecular flexibility index (Phi) is 5.59. The number of nitrogens with one attached hydrogen (secondary N) is 1. The summed E-state index contributed by atoms with van der Waals surface area (Å²) in [6.45, 7) is 4.16. The number of amides is 1. The molecule has 0 saturated carbocycles. The summed E-state index contributed by atoms with van der Waals surface area (Å²) in [5.74, 6) is 0.612. The van der Waals surface area contributed by atoms with Crippen LogP contribution < -0.4 is 5.32 Å². The van der Waals surface area contributed by atoms with E-state index in [0.717, 1.165) is 32.5 Å². The third-order valence-electron chi connectivity index (χ3n) is 4.81. The minimum Gasteiger partial charge on any atom is -0.343 e. The van der Waals surface area contributed by atoms with Crippen LogP contribution in [-0.4, -0.2) is 34.9 Å². The number of piperidine rings is 1. The van der Waals surface area contributed by atoms with E-state index in [1.54, 1.807) is 13.1 Å². The number of hydrogen-bond donors (Lipinski definition) is 1. The molecule has 0 aliphatic carbocycles. The molecule has 4 heteroatoms. The van der Waals surface area contributed by atoms with Gasteiger partial charge in [-0.2, -0.15) is 0 Å². The van der Waals surface area contributed by atoms with Crippen LogP contribution in [-0.2, 0) is 17.8 Å². The molecule has 1 amide bonds. The molecular weight excluding hydrogens is 298 g/mol. The summed E-state index contributed by atoms with van der Waals surface area (Å²) in [4.78, 5) is 17.9. The van der Waals surface area contributed by atoms with Crippen molar-refractivity contribution in [2.24, 2.45) is 5.92 Å². The molecule has 2 aromatic rings. The highest BCUT2D eigenvalue weighted by Crippen LogP contribution is 2.22. The second-order valence-electron chi connectivity index (χ2n) is 6.55. The first-order valence-corrected chi connectivity index (χ1v) is 8.64. The molecule has 0 bridgehead atoms. The highest BCUT2D eigenvalue weighted by molar-refractivity contribution is 5.73. The third-order valence-corrected chi connectivity index (χ3v) is 4.81. The lowest BCUT2D eigenvalue weighted by Crippen LogP contribution is -2.51. The van der Waals surface area contributed by atoms with Gasteiger partial charge in [-0.15, -0.1) is 0 Å². The molecule has 1 aliphatic rings. The van der Waals surface area contributed by atoms with Crippen LogP contribution in [0.1, 0.15) is 24.5 Å². The van der Waals surface area contributed by atoms with Crippen molar-refractivity contribution in [1.82, 2.24) is 15.2 Å². The van der Waals surface area contributed by atoms with Crippen molar-refractivity contribution in [1.29, 1.82) is 0 Å². The average molecular weight is 323 g/mol. The molecule has 2 heterocycles. The Morgan fingerprint density at radius 1 is 1.21 bits per heavy atom. The minimum absolute atomic E-state index is 0.179. The fraction of sp³-hybridized carbons (Fsp3) is 0.400. The van der Waals surface area contributed by atoms with Gasteiger partial charge in [-0.25, -0.2) is 0 Å². The van der Waals surface area contributed by atoms with E-state index in [-0.39, 0.29) is 5.91 Å². The molecule has 24 heavy (non-hydrogen) atoms. The number of benzene rings is 1. The van der Waals surface area contributed by atoms with E-state index in [0.29, 0.717) is 12.0 Å². The van der Waals surface area contributed by atoms with Gasteiger partial charge in [0, 0.05) is 45.0 Å². The molecule has 126 valence electrons. The van der Waals surface area contributed by atoms with Crippen LogP contribution >= 0.6 is 0 Å². The Bertz CT molecular complexity index is 644.